The molecule has 3 aromatic rings. The second kappa shape index (κ2) is 12.2. The molecule has 2 atom stereocenters. The molecular formula is C31H41N5O4S. The molecule has 0 bridgehead atoms. The molecule has 0 aromatic carbocycles. The molecule has 1 aliphatic carbocycles. The van der Waals surface area contributed by atoms with Crippen LogP contribution >= 0.6 is 11.5 Å². The number of ether oxygens (including phenoxy) is 2. The molecule has 1 aliphatic heterocycles. The number of methoxy groups -OCH3 is 1. The monoisotopic (exact) mass is 579 g/mol. The second-order valence-electron chi connectivity index (χ2n) is 12.2. The Morgan fingerprint density at radius 2 is 1.98 bits per heavy atom. The molecule has 0 N–H and O–H groups in total. The van der Waals surface area contributed by atoms with Crippen molar-refractivity contribution in [1.82, 2.24) is 18.8 Å². The predicted molar refractivity (Wildman–Crippen MR) is 162 cm³/mol. The lowest BCUT2D eigenvalue weighted by atomic mass is 9.84. The molecule has 1 amide bonds. The summed E-state index contributed by atoms with van der Waals surface area (Å²) in [7, 11) is 1.61. The van der Waals surface area contributed by atoms with Crippen LogP contribution in [0.2, 0.25) is 0 Å². The minimum absolute atomic E-state index is 0.0577. The second-order valence-corrected chi connectivity index (χ2v) is 13.0. The van der Waals surface area contributed by atoms with E-state index >= 15 is 0 Å². The van der Waals surface area contributed by atoms with E-state index < -0.39 is 5.60 Å². The highest BCUT2D eigenvalue weighted by Crippen LogP contribution is 2.32. The lowest BCUT2D eigenvalue weighted by molar-refractivity contribution is 0.00736. The minimum atomic E-state index is -0.534. The highest BCUT2D eigenvalue weighted by Gasteiger charge is 2.34. The van der Waals surface area contributed by atoms with E-state index in [1.54, 1.807) is 30.1 Å². The Kier molecular flexibility index (Phi) is 8.68. The van der Waals surface area contributed by atoms with E-state index in [9.17, 15) is 9.59 Å². The number of piperidine rings is 1. The summed E-state index contributed by atoms with van der Waals surface area (Å²) < 4.78 is 17.4. The Balaban J connectivity index is 1.30. The molecule has 2 aliphatic rings. The molecule has 1 unspecified atom stereocenters. The van der Waals surface area contributed by atoms with E-state index in [4.69, 9.17) is 9.47 Å². The summed E-state index contributed by atoms with van der Waals surface area (Å²) in [6.45, 7) is 10.1. The number of rotatable bonds is 8. The van der Waals surface area contributed by atoms with E-state index in [2.05, 4.69) is 14.3 Å². The average molecular weight is 580 g/mol. The van der Waals surface area contributed by atoms with Gasteiger partial charge in [0.05, 0.1) is 31.1 Å². The average Bonchev–Trinajstić information content (AvgIpc) is 3.42. The first kappa shape index (κ1) is 29.1. The first-order chi connectivity index (χ1) is 19.6. The van der Waals surface area contributed by atoms with Crippen molar-refractivity contribution < 1.29 is 14.3 Å². The van der Waals surface area contributed by atoms with E-state index in [0.717, 1.165) is 47.8 Å². The van der Waals surface area contributed by atoms with Crippen LogP contribution in [0, 0.1) is 5.92 Å². The third kappa shape index (κ3) is 6.92. The third-order valence-electron chi connectivity index (χ3n) is 8.04. The molecule has 0 radical (unpaired) electrons. The van der Waals surface area contributed by atoms with Gasteiger partial charge in [-0.3, -0.25) is 9.78 Å². The standard InChI is InChI=1S/C31H41N5O4S/c1-21(28-16-27(33-41-28)23-14-26(39-5)18-32-17-23)35-13-11-24(15-29(35)37)34-12-7-10-25(20-34)36(19-22-8-6-9-22)30(38)40-31(2,3)4/h11,13-18,21-22,25H,6-10,12,19-20H2,1-5H3/t21?,25-/m1/s1. The smallest absolute Gasteiger partial charge is 0.410 e. The fraction of sp³-hybridized carbons (Fsp3) is 0.548. The quantitative estimate of drug-likeness (QED) is 0.324. The molecule has 5 rings (SSSR count). The largest absolute Gasteiger partial charge is 0.495 e. The molecule has 1 saturated carbocycles. The number of amides is 1. The maximum atomic E-state index is 13.3. The molecule has 41 heavy (non-hydrogen) atoms. The summed E-state index contributed by atoms with van der Waals surface area (Å²) in [5.41, 5.74) is 1.98. The normalized spacial score (nSPS) is 18.5. The van der Waals surface area contributed by atoms with Gasteiger partial charge in [0.15, 0.2) is 0 Å². The number of aromatic nitrogens is 3. The van der Waals surface area contributed by atoms with Crippen LogP contribution < -0.4 is 15.2 Å². The highest BCUT2D eigenvalue weighted by atomic mass is 32.1. The SMILES string of the molecule is COc1cncc(-c2cc(C(C)n3ccc(N4CCC[C@@H](N(CC5CCC5)C(=O)OC(C)(C)C)C4)cc3=O)sn2)c1. The molecule has 10 heteroatoms. The Morgan fingerprint density at radius 1 is 1.17 bits per heavy atom. The molecule has 2 fully saturated rings. The zero-order chi connectivity index (χ0) is 29.1. The van der Waals surface area contributed by atoms with Crippen LogP contribution in [0.4, 0.5) is 10.5 Å². The summed E-state index contributed by atoms with van der Waals surface area (Å²) in [5.74, 6) is 1.23. The fourth-order valence-electron chi connectivity index (χ4n) is 5.52. The summed E-state index contributed by atoms with van der Waals surface area (Å²) in [4.78, 5) is 36.0. The van der Waals surface area contributed by atoms with Crippen LogP contribution in [0.3, 0.4) is 0 Å². The summed E-state index contributed by atoms with van der Waals surface area (Å²) in [6.07, 6.45) is 10.5. The number of anilines is 1. The number of nitrogens with zero attached hydrogens (tertiary/aromatic N) is 5. The molecule has 4 heterocycles. The van der Waals surface area contributed by atoms with Gasteiger partial charge in [-0.05, 0) is 89.0 Å². The predicted octanol–water partition coefficient (Wildman–Crippen LogP) is 5.99. The van der Waals surface area contributed by atoms with Gasteiger partial charge in [-0.2, -0.15) is 4.37 Å². The molecular weight excluding hydrogens is 538 g/mol. The van der Waals surface area contributed by atoms with Crippen molar-refractivity contribution in [3.05, 3.63) is 58.1 Å². The first-order valence-electron chi connectivity index (χ1n) is 14.5. The number of carbonyl (C=O) groups excluding carboxylic acids is 1. The van der Waals surface area contributed by atoms with E-state index in [0.29, 0.717) is 18.2 Å². The third-order valence-corrected chi connectivity index (χ3v) is 9.00. The highest BCUT2D eigenvalue weighted by molar-refractivity contribution is 7.06. The number of pyridine rings is 2. The summed E-state index contributed by atoms with van der Waals surface area (Å²) in [6, 6.07) is 7.53. The Hall–Kier alpha value is -3.40. The molecule has 220 valence electrons. The van der Waals surface area contributed by atoms with Crippen molar-refractivity contribution in [3.8, 4) is 17.0 Å². The molecule has 1 saturated heterocycles. The Morgan fingerprint density at radius 3 is 2.66 bits per heavy atom. The first-order valence-corrected chi connectivity index (χ1v) is 15.3. The maximum Gasteiger partial charge on any atom is 0.410 e. The van der Waals surface area contributed by atoms with Gasteiger partial charge in [0.1, 0.15) is 11.4 Å². The van der Waals surface area contributed by atoms with Crippen LogP contribution in [0.5, 0.6) is 5.75 Å². The van der Waals surface area contributed by atoms with Gasteiger partial charge in [-0.1, -0.05) is 6.42 Å². The number of carbonyl (C=O) groups is 1. The van der Waals surface area contributed by atoms with Crippen molar-refractivity contribution in [2.24, 2.45) is 5.92 Å². The summed E-state index contributed by atoms with van der Waals surface area (Å²) >= 11 is 1.38. The van der Waals surface area contributed by atoms with Crippen LogP contribution in [0.1, 0.15) is 70.7 Å². The molecule has 3 aromatic heterocycles. The van der Waals surface area contributed by atoms with Gasteiger partial charge in [0.25, 0.3) is 5.56 Å². The molecule has 0 spiro atoms. The van der Waals surface area contributed by atoms with Crippen LogP contribution in [-0.2, 0) is 4.74 Å². The van der Waals surface area contributed by atoms with Gasteiger partial charge in [0, 0.05) is 54.2 Å². The van der Waals surface area contributed by atoms with Crippen molar-refractivity contribution in [2.45, 2.75) is 77.5 Å². The van der Waals surface area contributed by atoms with E-state index in [1.807, 2.05) is 57.0 Å². The van der Waals surface area contributed by atoms with Gasteiger partial charge < -0.3 is 23.8 Å². The number of hydrogen-bond donors (Lipinski definition) is 0. The van der Waals surface area contributed by atoms with Gasteiger partial charge >= 0.3 is 6.09 Å². The lowest BCUT2D eigenvalue weighted by Gasteiger charge is -2.43. The van der Waals surface area contributed by atoms with Crippen molar-refractivity contribution >= 4 is 23.3 Å². The van der Waals surface area contributed by atoms with Crippen LogP contribution in [-0.4, -0.2) is 63.3 Å². The van der Waals surface area contributed by atoms with E-state index in [-0.39, 0.29) is 23.7 Å². The van der Waals surface area contributed by atoms with E-state index in [1.165, 1.54) is 30.8 Å². The zero-order valence-corrected chi connectivity index (χ0v) is 25.5. The topological polar surface area (TPSA) is 89.8 Å². The zero-order valence-electron chi connectivity index (χ0n) is 24.7. The van der Waals surface area contributed by atoms with Crippen LogP contribution in [0.25, 0.3) is 11.3 Å². The fourth-order valence-corrected chi connectivity index (χ4v) is 6.31. The summed E-state index contributed by atoms with van der Waals surface area (Å²) in [5, 5.41) is 0. The minimum Gasteiger partial charge on any atom is -0.495 e. The van der Waals surface area contributed by atoms with Gasteiger partial charge in [-0.25, -0.2) is 4.79 Å². The van der Waals surface area contributed by atoms with Gasteiger partial charge in [-0.15, -0.1) is 0 Å². The van der Waals surface area contributed by atoms with Crippen molar-refractivity contribution in [3.63, 3.8) is 0 Å². The van der Waals surface area contributed by atoms with Crippen LogP contribution in [0.15, 0.2) is 47.7 Å². The van der Waals surface area contributed by atoms with Crippen molar-refractivity contribution in [2.75, 3.05) is 31.6 Å². The maximum absolute atomic E-state index is 13.3. The Bertz CT molecular complexity index is 1410. The lowest BCUT2D eigenvalue weighted by Crippen LogP contribution is -2.53. The number of hydrogen-bond acceptors (Lipinski definition) is 8. The molecule has 9 nitrogen and oxygen atoms in total. The van der Waals surface area contributed by atoms with Gasteiger partial charge in [0.2, 0.25) is 0 Å². The van der Waals surface area contributed by atoms with Crippen molar-refractivity contribution in [1.29, 1.82) is 0 Å². The Labute approximate surface area is 246 Å².